The van der Waals surface area contributed by atoms with Crippen LogP contribution in [-0.2, 0) is 16.1 Å². The Kier molecular flexibility index (Phi) is 7.78. The van der Waals surface area contributed by atoms with Gasteiger partial charge in [0.25, 0.3) is 5.56 Å². The smallest absolute Gasteiger partial charge is 0.329 e. The third-order valence-corrected chi connectivity index (χ3v) is 6.20. The monoisotopic (exact) mass is 407 g/mol. The zero-order valence-electron chi connectivity index (χ0n) is 18.2. The second kappa shape index (κ2) is 9.65. The lowest BCUT2D eigenvalue weighted by atomic mass is 10.1. The van der Waals surface area contributed by atoms with E-state index in [1.165, 1.54) is 0 Å². The van der Waals surface area contributed by atoms with E-state index in [9.17, 15) is 9.59 Å². The van der Waals surface area contributed by atoms with Crippen LogP contribution in [0.1, 0.15) is 63.3 Å². The van der Waals surface area contributed by atoms with E-state index in [4.69, 9.17) is 9.72 Å². The predicted octanol–water partition coefficient (Wildman–Crippen LogP) is 4.07. The summed E-state index contributed by atoms with van der Waals surface area (Å²) in [5, 5.41) is 0.626. The van der Waals surface area contributed by atoms with E-state index in [-0.39, 0.29) is 17.4 Å². The molecule has 2 rings (SSSR count). The lowest BCUT2D eigenvalue weighted by Crippen LogP contribution is -2.37. The molecular formula is C21H33N3O3S. The van der Waals surface area contributed by atoms with Gasteiger partial charge in [0.2, 0.25) is 0 Å². The number of aromatic nitrogens is 2. The second-order valence-corrected chi connectivity index (χ2v) is 8.78. The van der Waals surface area contributed by atoms with E-state index in [1.807, 2.05) is 34.6 Å². The molecule has 2 heterocycles. The fourth-order valence-corrected chi connectivity index (χ4v) is 4.27. The first kappa shape index (κ1) is 22.6. The molecule has 0 spiro atoms. The molecule has 0 bridgehead atoms. The quantitative estimate of drug-likeness (QED) is 0.586. The summed E-state index contributed by atoms with van der Waals surface area (Å²) in [5.74, 6) is 0.524. The molecule has 6 nitrogen and oxygen atoms in total. The maximum Gasteiger partial charge on any atom is 0.329 e. The van der Waals surface area contributed by atoms with Crippen molar-refractivity contribution >= 4 is 27.5 Å². The van der Waals surface area contributed by atoms with E-state index >= 15 is 0 Å². The number of carbonyl (C=O) groups excluding carboxylic acids is 1. The molecule has 0 saturated carbocycles. The Hall–Kier alpha value is -1.73. The molecule has 156 valence electrons. The Balaban J connectivity index is 2.64. The van der Waals surface area contributed by atoms with Crippen LogP contribution in [0.5, 0.6) is 0 Å². The molecule has 1 atom stereocenters. The Morgan fingerprint density at radius 1 is 1.21 bits per heavy atom. The number of esters is 1. The first-order valence-corrected chi connectivity index (χ1v) is 11.0. The summed E-state index contributed by atoms with van der Waals surface area (Å²) in [6, 6.07) is -0.659. The van der Waals surface area contributed by atoms with Crippen molar-refractivity contribution in [1.82, 2.24) is 14.5 Å². The van der Waals surface area contributed by atoms with Crippen LogP contribution in [-0.4, -0.2) is 40.1 Å². The van der Waals surface area contributed by atoms with Crippen molar-refractivity contribution in [2.45, 2.75) is 67.5 Å². The van der Waals surface area contributed by atoms with Crippen LogP contribution in [0.15, 0.2) is 4.79 Å². The first-order chi connectivity index (χ1) is 13.2. The maximum atomic E-state index is 13.5. The van der Waals surface area contributed by atoms with Gasteiger partial charge in [0, 0.05) is 4.88 Å². The molecule has 0 saturated heterocycles. The third kappa shape index (κ3) is 4.63. The van der Waals surface area contributed by atoms with Crippen LogP contribution in [0, 0.1) is 19.8 Å². The van der Waals surface area contributed by atoms with Crippen LogP contribution < -0.4 is 5.56 Å². The van der Waals surface area contributed by atoms with Gasteiger partial charge in [-0.1, -0.05) is 34.6 Å². The van der Waals surface area contributed by atoms with Crippen molar-refractivity contribution in [1.29, 1.82) is 0 Å². The van der Waals surface area contributed by atoms with Crippen molar-refractivity contribution in [2.75, 3.05) is 19.7 Å². The minimum Gasteiger partial charge on any atom is -0.464 e. The van der Waals surface area contributed by atoms with E-state index in [2.05, 4.69) is 18.7 Å². The Morgan fingerprint density at radius 2 is 1.86 bits per heavy atom. The zero-order chi connectivity index (χ0) is 21.0. The zero-order valence-corrected chi connectivity index (χ0v) is 19.0. The van der Waals surface area contributed by atoms with Gasteiger partial charge in [0.15, 0.2) is 0 Å². The summed E-state index contributed by atoms with van der Waals surface area (Å²) in [4.78, 5) is 35.2. The molecule has 0 fully saturated rings. The Bertz CT molecular complexity index is 881. The Morgan fingerprint density at radius 3 is 2.39 bits per heavy atom. The van der Waals surface area contributed by atoms with Gasteiger partial charge in [0.05, 0.1) is 18.5 Å². The second-order valence-electron chi connectivity index (χ2n) is 7.58. The predicted molar refractivity (Wildman–Crippen MR) is 115 cm³/mol. The molecule has 0 aliphatic heterocycles. The first-order valence-electron chi connectivity index (χ1n) is 10.1. The van der Waals surface area contributed by atoms with Crippen LogP contribution in [0.4, 0.5) is 0 Å². The minimum absolute atomic E-state index is 0.137. The van der Waals surface area contributed by atoms with E-state index in [0.29, 0.717) is 30.8 Å². The molecule has 0 N–H and O–H groups in total. The SMILES string of the molecule is CCC(C(=O)OCC(C)C)n1c(CN(CC)CC)nc2sc(C)c(C)c2c1=O. The van der Waals surface area contributed by atoms with Crippen molar-refractivity contribution in [2.24, 2.45) is 5.92 Å². The number of hydrogen-bond donors (Lipinski definition) is 0. The summed E-state index contributed by atoms with van der Waals surface area (Å²) in [5.41, 5.74) is 0.813. The number of ether oxygens (including phenoxy) is 1. The van der Waals surface area contributed by atoms with Crippen LogP contribution >= 0.6 is 11.3 Å². The molecule has 0 amide bonds. The fraction of sp³-hybridized carbons (Fsp3) is 0.667. The van der Waals surface area contributed by atoms with E-state index in [0.717, 1.165) is 28.4 Å². The molecule has 28 heavy (non-hydrogen) atoms. The standard InChI is InChI=1S/C21H33N3O3S/c1-8-16(21(26)27-12-13(4)5)24-17(11-23(9-2)10-3)22-19-18(20(24)25)14(6)15(7)28-19/h13,16H,8-12H2,1-7H3. The number of aryl methyl sites for hydroxylation is 2. The van der Waals surface area contributed by atoms with Gasteiger partial charge in [-0.05, 0) is 44.8 Å². The highest BCUT2D eigenvalue weighted by atomic mass is 32.1. The highest BCUT2D eigenvalue weighted by Gasteiger charge is 2.27. The van der Waals surface area contributed by atoms with E-state index < -0.39 is 6.04 Å². The van der Waals surface area contributed by atoms with Gasteiger partial charge in [-0.15, -0.1) is 11.3 Å². The molecule has 0 aliphatic carbocycles. The summed E-state index contributed by atoms with van der Waals surface area (Å²) >= 11 is 1.54. The number of carbonyl (C=O) groups is 1. The maximum absolute atomic E-state index is 13.5. The van der Waals surface area contributed by atoms with Crippen LogP contribution in [0.25, 0.3) is 10.2 Å². The fourth-order valence-electron chi connectivity index (χ4n) is 3.23. The molecule has 0 aliphatic rings. The van der Waals surface area contributed by atoms with Crippen LogP contribution in [0.3, 0.4) is 0 Å². The normalized spacial score (nSPS) is 12.9. The van der Waals surface area contributed by atoms with Crippen molar-refractivity contribution < 1.29 is 9.53 Å². The van der Waals surface area contributed by atoms with E-state index in [1.54, 1.807) is 15.9 Å². The molecule has 1 unspecified atom stereocenters. The van der Waals surface area contributed by atoms with Crippen molar-refractivity contribution in [3.63, 3.8) is 0 Å². The lowest BCUT2D eigenvalue weighted by Gasteiger charge is -2.24. The molecule has 2 aromatic rings. The van der Waals surface area contributed by atoms with Gasteiger partial charge in [-0.3, -0.25) is 14.3 Å². The molecule has 0 radical (unpaired) electrons. The number of nitrogens with zero attached hydrogens (tertiary/aromatic N) is 3. The van der Waals surface area contributed by atoms with Crippen molar-refractivity contribution in [3.8, 4) is 0 Å². The number of thiophene rings is 1. The molecule has 2 aromatic heterocycles. The summed E-state index contributed by atoms with van der Waals surface area (Å²) < 4.78 is 7.07. The minimum atomic E-state index is -0.659. The third-order valence-electron chi connectivity index (χ3n) is 5.10. The lowest BCUT2D eigenvalue weighted by molar-refractivity contribution is -0.149. The van der Waals surface area contributed by atoms with Gasteiger partial charge < -0.3 is 4.74 Å². The van der Waals surface area contributed by atoms with Crippen molar-refractivity contribution in [3.05, 3.63) is 26.6 Å². The molecule has 0 aromatic carbocycles. The Labute approximate surface area is 171 Å². The van der Waals surface area contributed by atoms with Gasteiger partial charge in [-0.25, -0.2) is 9.78 Å². The average molecular weight is 408 g/mol. The number of hydrogen-bond acceptors (Lipinski definition) is 6. The summed E-state index contributed by atoms with van der Waals surface area (Å²) in [6.07, 6.45) is 0.484. The highest BCUT2D eigenvalue weighted by molar-refractivity contribution is 7.18. The highest BCUT2D eigenvalue weighted by Crippen LogP contribution is 2.28. The van der Waals surface area contributed by atoms with Crippen LogP contribution in [0.2, 0.25) is 0 Å². The van der Waals surface area contributed by atoms with Gasteiger partial charge in [-0.2, -0.15) is 0 Å². The topological polar surface area (TPSA) is 64.4 Å². The van der Waals surface area contributed by atoms with Gasteiger partial charge in [0.1, 0.15) is 16.7 Å². The molecular weight excluding hydrogens is 374 g/mol. The average Bonchev–Trinajstić information content (AvgIpc) is 2.94. The molecule has 7 heteroatoms. The largest absolute Gasteiger partial charge is 0.464 e. The number of rotatable bonds is 9. The summed E-state index contributed by atoms with van der Waals surface area (Å²) in [6.45, 7) is 16.6. The van der Waals surface area contributed by atoms with Gasteiger partial charge >= 0.3 is 5.97 Å². The number of fused-ring (bicyclic) bond motifs is 1. The summed E-state index contributed by atoms with van der Waals surface area (Å²) in [7, 11) is 0.